The highest BCUT2D eigenvalue weighted by Gasteiger charge is 2.56. The number of ether oxygens (including phenoxy) is 4. The van der Waals surface area contributed by atoms with Crippen LogP contribution in [0.5, 0.6) is 0 Å². The molecule has 8 rings (SSSR count). The second kappa shape index (κ2) is 31.1. The Morgan fingerprint density at radius 1 is 0.543 bits per heavy atom. The maximum Gasteiger partial charge on any atom is 0.410 e. The summed E-state index contributed by atoms with van der Waals surface area (Å²) in [6.45, 7) is 13.7. The molecule has 0 unspecified atom stereocenters. The van der Waals surface area contributed by atoms with Gasteiger partial charge in [0.15, 0.2) is 5.78 Å². The van der Waals surface area contributed by atoms with E-state index in [4.69, 9.17) is 18.9 Å². The predicted molar refractivity (Wildman–Crippen MR) is 340 cm³/mol. The van der Waals surface area contributed by atoms with Gasteiger partial charge in [-0.05, 0) is 84.0 Å². The first-order valence-corrected chi connectivity index (χ1v) is 31.9. The number of rotatable bonds is 25. The van der Waals surface area contributed by atoms with Gasteiger partial charge in [-0.2, -0.15) is 0 Å². The van der Waals surface area contributed by atoms with Gasteiger partial charge in [0, 0.05) is 65.5 Å². The van der Waals surface area contributed by atoms with E-state index in [0.29, 0.717) is 24.0 Å². The van der Waals surface area contributed by atoms with Gasteiger partial charge < -0.3 is 54.1 Å². The number of benzene rings is 4. The number of carbonyl (C=O) groups is 10. The number of amides is 8. The highest BCUT2D eigenvalue weighted by Crippen LogP contribution is 2.40. The number of ketones is 2. The molecule has 10 atom stereocenters. The van der Waals surface area contributed by atoms with E-state index in [1.165, 1.54) is 60.0 Å². The Bertz CT molecular complexity index is 3150. The maximum absolute atomic E-state index is 15.0. The monoisotopic (exact) mass is 1300 g/mol. The zero-order chi connectivity index (χ0) is 68.3. The third-order valence-electron chi connectivity index (χ3n) is 18.5. The van der Waals surface area contributed by atoms with Gasteiger partial charge in [0.25, 0.3) is 5.91 Å². The van der Waals surface area contributed by atoms with Crippen molar-refractivity contribution >= 4 is 59.2 Å². The van der Waals surface area contributed by atoms with E-state index in [1.54, 1.807) is 73.9 Å². The summed E-state index contributed by atoms with van der Waals surface area (Å²) in [5.74, 6) is -6.70. The molecule has 506 valence electrons. The maximum atomic E-state index is 15.0. The van der Waals surface area contributed by atoms with Crippen molar-refractivity contribution in [3.05, 3.63) is 143 Å². The van der Waals surface area contributed by atoms with Crippen LogP contribution in [0.1, 0.15) is 110 Å². The van der Waals surface area contributed by atoms with Crippen LogP contribution in [0, 0.1) is 28.4 Å². The van der Waals surface area contributed by atoms with E-state index in [2.05, 4.69) is 10.6 Å². The molecule has 24 heteroatoms. The van der Waals surface area contributed by atoms with Crippen LogP contribution >= 0.6 is 0 Å². The molecule has 4 aliphatic rings. The summed E-state index contributed by atoms with van der Waals surface area (Å²) in [5, 5.41) is 5.31. The van der Waals surface area contributed by atoms with Crippen LogP contribution in [0.4, 0.5) is 18.4 Å². The van der Waals surface area contributed by atoms with Gasteiger partial charge in [0.1, 0.15) is 36.9 Å². The lowest BCUT2D eigenvalue weighted by atomic mass is 9.76. The Labute approximate surface area is 547 Å². The van der Waals surface area contributed by atoms with E-state index in [9.17, 15) is 56.7 Å². The molecule has 4 aliphatic heterocycles. The summed E-state index contributed by atoms with van der Waals surface area (Å²) in [7, 11) is 2.89. The van der Waals surface area contributed by atoms with Crippen molar-refractivity contribution in [2.24, 2.45) is 16.7 Å². The third-order valence-corrected chi connectivity index (χ3v) is 18.5. The van der Waals surface area contributed by atoms with Gasteiger partial charge in [-0.1, -0.05) is 126 Å². The van der Waals surface area contributed by atoms with E-state index in [0.717, 1.165) is 16.0 Å². The highest BCUT2D eigenvalue weighted by molar-refractivity contribution is 6.36. The molecule has 0 spiro atoms. The van der Waals surface area contributed by atoms with Crippen LogP contribution < -0.4 is 10.6 Å². The first-order valence-electron chi connectivity index (χ1n) is 31.9. The van der Waals surface area contributed by atoms with E-state index >= 15 is 0 Å². The summed E-state index contributed by atoms with van der Waals surface area (Å²) in [6.07, 6.45) is -3.55. The van der Waals surface area contributed by atoms with Gasteiger partial charge in [0.2, 0.25) is 35.3 Å². The Balaban J connectivity index is 0.895. The second-order valence-electron chi connectivity index (χ2n) is 27.0. The van der Waals surface area contributed by atoms with Crippen molar-refractivity contribution in [1.82, 2.24) is 40.0 Å². The normalized spacial score (nSPS) is 20.5. The molecule has 4 fully saturated rings. The summed E-state index contributed by atoms with van der Waals surface area (Å²) < 4.78 is 51.7. The van der Waals surface area contributed by atoms with Crippen LogP contribution in [0.25, 0.3) is 0 Å². The average Bonchev–Trinajstić information content (AvgIpc) is 1.61. The number of nitrogens with one attached hydrogen (secondary N) is 2. The quantitative estimate of drug-likeness (QED) is 0.0635. The molecule has 8 amide bonds. The summed E-state index contributed by atoms with van der Waals surface area (Å²) in [4.78, 5) is 148. The number of Topliss-reactive ketones (excluding diaryl/α,β-unsaturated/α-hetero) is 2. The molecule has 4 aromatic rings. The minimum Gasteiger partial charge on any atom is -0.445 e. The Morgan fingerprint density at radius 3 is 1.44 bits per heavy atom. The van der Waals surface area contributed by atoms with Crippen LogP contribution in [0.2, 0.25) is 0 Å². The van der Waals surface area contributed by atoms with E-state index in [-0.39, 0.29) is 70.7 Å². The van der Waals surface area contributed by atoms with Crippen molar-refractivity contribution in [2.45, 2.75) is 168 Å². The van der Waals surface area contributed by atoms with Crippen LogP contribution in [0.3, 0.4) is 0 Å². The molecule has 0 bridgehead atoms. The number of carbonyl (C=O) groups excluding carboxylic acids is 10. The van der Waals surface area contributed by atoms with Crippen molar-refractivity contribution < 1.29 is 75.7 Å². The number of hydrogen-bond acceptors (Lipinski definition) is 14. The molecule has 0 aromatic heterocycles. The molecule has 0 saturated carbocycles. The minimum atomic E-state index is -1.11. The number of likely N-dealkylation sites (tertiary alicyclic amines) is 4. The van der Waals surface area contributed by atoms with Crippen molar-refractivity contribution in [3.8, 4) is 0 Å². The number of halogens is 2. The standard InChI is InChI=1S/C70H88F2N8O14/c1-43(75(9)67(89)93-41-45-17-13-11-14-18-45)55(82)35-51(69(3,4)5)65(87)77-33-31-53-60(77)57(92-40-48-23-27-50(72)28-24-48)38-80(53)59(84)36-73-64(86)54(81)29-30-58(83)79-37-56(91-39-47-21-25-49(71)26-22-47)61-52(79)32-34-78(61)66(88)62(70(6,7)8)74-63(85)44(2)76(10)68(90)94-42-46-19-15-12-16-20-46/h11-28,43-44,51-53,56-57,60-62H,29-42H2,1-10H3,(H,73,86)(H,74,85)/t43-,44-,51+,52+,53+,56-,57-,60-,61-,62+/m0/s1. The van der Waals surface area contributed by atoms with Crippen molar-refractivity contribution in [3.63, 3.8) is 0 Å². The van der Waals surface area contributed by atoms with Crippen LogP contribution in [0.15, 0.2) is 109 Å². The predicted octanol–water partition coefficient (Wildman–Crippen LogP) is 6.99. The lowest BCUT2D eigenvalue weighted by molar-refractivity contribution is -0.145. The summed E-state index contributed by atoms with van der Waals surface area (Å²) in [5.41, 5.74) is 1.17. The van der Waals surface area contributed by atoms with Crippen LogP contribution in [-0.2, 0) is 83.7 Å². The Morgan fingerprint density at radius 2 is 0.979 bits per heavy atom. The fourth-order valence-electron chi connectivity index (χ4n) is 12.6. The fraction of sp³-hybridized carbons (Fsp3) is 0.514. The SMILES string of the molecule is C[C@@H](C(=O)C[C@H](C(=O)N1CC[C@@H]2[C@H]1[C@@H](OCc1ccc(F)cc1)CN2C(=O)CNC(=O)C(=O)CCC(=O)N1C[C@H](OCc2ccc(F)cc2)[C@@H]2[C@H]1CCN2C(=O)[C@@H](NC(=O)[C@H](C)N(C)C(=O)OCc1ccccc1)C(C)(C)C)C(C)(C)C)N(C)C(=O)OCc1ccccc1. The zero-order valence-corrected chi connectivity index (χ0v) is 55.2. The van der Waals surface area contributed by atoms with Gasteiger partial charge in [-0.15, -0.1) is 0 Å². The molecular weight excluding hydrogens is 1210 g/mol. The topological polar surface area (TPSA) is 251 Å². The fourth-order valence-corrected chi connectivity index (χ4v) is 12.6. The number of hydrogen-bond donors (Lipinski definition) is 2. The molecule has 4 aromatic carbocycles. The minimum absolute atomic E-state index is 0.000301. The Hall–Kier alpha value is -8.64. The summed E-state index contributed by atoms with van der Waals surface area (Å²) in [6, 6.07) is 23.8. The second-order valence-corrected chi connectivity index (χ2v) is 27.0. The smallest absolute Gasteiger partial charge is 0.410 e. The van der Waals surface area contributed by atoms with Crippen LogP contribution in [-0.4, -0.2) is 190 Å². The first-order chi connectivity index (χ1) is 44.5. The molecule has 4 saturated heterocycles. The Kier molecular flexibility index (Phi) is 23.5. The lowest BCUT2D eigenvalue weighted by Crippen LogP contribution is -2.60. The average molecular weight is 1300 g/mol. The molecule has 0 aliphatic carbocycles. The van der Waals surface area contributed by atoms with E-state index in [1.807, 2.05) is 69.3 Å². The third kappa shape index (κ3) is 17.6. The molecule has 4 heterocycles. The number of nitrogens with zero attached hydrogens (tertiary/aromatic N) is 6. The van der Waals surface area contributed by atoms with E-state index < -0.39 is 150 Å². The molecule has 94 heavy (non-hydrogen) atoms. The van der Waals surface area contributed by atoms with Gasteiger partial charge in [0.05, 0.1) is 62.2 Å². The number of likely N-dealkylation sites (N-methyl/N-ethyl adjacent to an activating group) is 2. The first kappa shape index (κ1) is 71.2. The largest absolute Gasteiger partial charge is 0.445 e. The summed E-state index contributed by atoms with van der Waals surface area (Å²) >= 11 is 0. The van der Waals surface area contributed by atoms with Crippen molar-refractivity contribution in [1.29, 1.82) is 0 Å². The van der Waals surface area contributed by atoms with Crippen molar-refractivity contribution in [2.75, 3.05) is 46.8 Å². The van der Waals surface area contributed by atoms with Gasteiger partial charge in [-0.3, -0.25) is 43.3 Å². The highest BCUT2D eigenvalue weighted by atomic mass is 19.1. The molecule has 2 N–H and O–H groups in total. The molecule has 22 nitrogen and oxygen atoms in total. The molecular formula is C70H88F2N8O14. The van der Waals surface area contributed by atoms with Gasteiger partial charge in [-0.25, -0.2) is 18.4 Å². The number of fused-ring (bicyclic) bond motifs is 2. The van der Waals surface area contributed by atoms with Gasteiger partial charge >= 0.3 is 12.2 Å². The molecule has 0 radical (unpaired) electrons. The zero-order valence-electron chi connectivity index (χ0n) is 55.2. The lowest BCUT2D eigenvalue weighted by Gasteiger charge is -2.37.